The summed E-state index contributed by atoms with van der Waals surface area (Å²) in [5, 5.41) is 23.2. The lowest BCUT2D eigenvalue weighted by Gasteiger charge is -2.08. The van der Waals surface area contributed by atoms with Crippen LogP contribution in [0.5, 0.6) is 5.75 Å². The molecule has 1 aromatic carbocycles. The number of nitro groups is 1. The topological polar surface area (TPSA) is 75.4 Å². The molecule has 0 unspecified atom stereocenters. The molecule has 2 N–H and O–H groups in total. The SMILES string of the molecule is CCCCCNc1cc(Br)c(O)cc1[N+](=O)[O-]. The largest absolute Gasteiger partial charge is 0.507 e. The molecular formula is C11H15BrN2O3. The lowest BCUT2D eigenvalue weighted by Crippen LogP contribution is -2.04. The minimum absolute atomic E-state index is 0.109. The molecule has 1 rings (SSSR count). The molecule has 0 amide bonds. The predicted octanol–water partition coefficient (Wildman–Crippen LogP) is 3.67. The molecule has 0 bridgehead atoms. The van der Waals surface area contributed by atoms with E-state index in [1.54, 1.807) is 0 Å². The molecule has 17 heavy (non-hydrogen) atoms. The quantitative estimate of drug-likeness (QED) is 0.364. The number of halogens is 1. The van der Waals surface area contributed by atoms with Gasteiger partial charge >= 0.3 is 0 Å². The molecule has 5 nitrogen and oxygen atoms in total. The standard InChI is InChI=1S/C11H15BrN2O3/c1-2-3-4-5-13-9-6-8(12)11(15)7-10(9)14(16)17/h6-7,13,15H,2-5H2,1H3. The fraction of sp³-hybridized carbons (Fsp3) is 0.455. The Morgan fingerprint density at radius 1 is 1.47 bits per heavy atom. The maximum Gasteiger partial charge on any atom is 0.296 e. The van der Waals surface area contributed by atoms with Crippen LogP contribution in [-0.2, 0) is 0 Å². The number of benzene rings is 1. The van der Waals surface area contributed by atoms with Crippen molar-refractivity contribution in [2.24, 2.45) is 0 Å². The number of aromatic hydroxyl groups is 1. The third-order valence-corrected chi connectivity index (χ3v) is 2.99. The molecule has 0 aliphatic rings. The Kier molecular flexibility index (Phi) is 5.21. The number of nitrogens with zero attached hydrogens (tertiary/aromatic N) is 1. The summed E-state index contributed by atoms with van der Waals surface area (Å²) in [7, 11) is 0. The zero-order valence-electron chi connectivity index (χ0n) is 9.57. The van der Waals surface area contributed by atoms with Gasteiger partial charge in [-0.15, -0.1) is 0 Å². The molecule has 0 aliphatic carbocycles. The van der Waals surface area contributed by atoms with E-state index in [1.807, 2.05) is 0 Å². The fourth-order valence-electron chi connectivity index (χ4n) is 1.44. The van der Waals surface area contributed by atoms with Gasteiger partial charge in [-0.1, -0.05) is 19.8 Å². The van der Waals surface area contributed by atoms with Crippen molar-refractivity contribution in [3.8, 4) is 5.75 Å². The Morgan fingerprint density at radius 2 is 2.18 bits per heavy atom. The first kappa shape index (κ1) is 13.8. The molecule has 6 heteroatoms. The second-order valence-electron chi connectivity index (χ2n) is 3.71. The molecular weight excluding hydrogens is 288 g/mol. The maximum absolute atomic E-state index is 10.8. The van der Waals surface area contributed by atoms with Gasteiger partial charge in [0.15, 0.2) is 0 Å². The second-order valence-corrected chi connectivity index (χ2v) is 4.57. The number of hydrogen-bond acceptors (Lipinski definition) is 4. The Hall–Kier alpha value is -1.30. The molecule has 1 aromatic rings. The molecule has 0 heterocycles. The highest BCUT2D eigenvalue weighted by atomic mass is 79.9. The number of nitro benzene ring substituents is 1. The van der Waals surface area contributed by atoms with Crippen molar-refractivity contribution in [1.82, 2.24) is 0 Å². The molecule has 94 valence electrons. The van der Waals surface area contributed by atoms with Crippen molar-refractivity contribution < 1.29 is 10.0 Å². The molecule has 0 fully saturated rings. The van der Waals surface area contributed by atoms with E-state index in [-0.39, 0.29) is 11.4 Å². The van der Waals surface area contributed by atoms with E-state index in [2.05, 4.69) is 28.2 Å². The van der Waals surface area contributed by atoms with Gasteiger partial charge in [0.1, 0.15) is 11.4 Å². The number of phenols is 1. The first-order chi connectivity index (χ1) is 8.06. The van der Waals surface area contributed by atoms with E-state index in [0.29, 0.717) is 16.7 Å². The molecule has 0 spiro atoms. The lowest BCUT2D eigenvalue weighted by molar-refractivity contribution is -0.384. The average Bonchev–Trinajstić information content (AvgIpc) is 2.28. The third-order valence-electron chi connectivity index (χ3n) is 2.36. The van der Waals surface area contributed by atoms with Gasteiger partial charge in [0, 0.05) is 6.54 Å². The van der Waals surface area contributed by atoms with Crippen molar-refractivity contribution in [3.05, 3.63) is 26.7 Å². The summed E-state index contributed by atoms with van der Waals surface area (Å²) in [4.78, 5) is 10.3. The Balaban J connectivity index is 2.81. The van der Waals surface area contributed by atoms with Crippen molar-refractivity contribution in [3.63, 3.8) is 0 Å². The van der Waals surface area contributed by atoms with Crippen LogP contribution in [0.3, 0.4) is 0 Å². The van der Waals surface area contributed by atoms with E-state index in [0.717, 1.165) is 25.3 Å². The minimum Gasteiger partial charge on any atom is -0.507 e. The van der Waals surface area contributed by atoms with Crippen LogP contribution in [-0.4, -0.2) is 16.6 Å². The molecule has 0 saturated heterocycles. The molecule has 0 atom stereocenters. The summed E-state index contributed by atoms with van der Waals surface area (Å²) >= 11 is 3.14. The highest BCUT2D eigenvalue weighted by Crippen LogP contribution is 2.35. The van der Waals surface area contributed by atoms with Gasteiger partial charge in [-0.25, -0.2) is 0 Å². The summed E-state index contributed by atoms with van der Waals surface area (Å²) in [6.45, 7) is 2.78. The normalized spacial score (nSPS) is 10.2. The van der Waals surface area contributed by atoms with E-state index < -0.39 is 4.92 Å². The van der Waals surface area contributed by atoms with Gasteiger partial charge < -0.3 is 10.4 Å². The molecule has 0 radical (unpaired) electrons. The minimum atomic E-state index is -0.506. The van der Waals surface area contributed by atoms with Gasteiger partial charge in [0.2, 0.25) is 0 Å². The fourth-order valence-corrected chi connectivity index (χ4v) is 1.78. The van der Waals surface area contributed by atoms with Crippen molar-refractivity contribution >= 4 is 27.3 Å². The van der Waals surface area contributed by atoms with Gasteiger partial charge in [-0.3, -0.25) is 10.1 Å². The number of anilines is 1. The smallest absolute Gasteiger partial charge is 0.296 e. The number of rotatable bonds is 6. The average molecular weight is 303 g/mol. The predicted molar refractivity (Wildman–Crippen MR) is 70.5 cm³/mol. The Labute approximate surface area is 108 Å². The van der Waals surface area contributed by atoms with Crippen molar-refractivity contribution in [2.75, 3.05) is 11.9 Å². The molecule has 0 saturated carbocycles. The zero-order chi connectivity index (χ0) is 12.8. The third kappa shape index (κ3) is 3.89. The number of phenolic OH excluding ortho intramolecular Hbond substituents is 1. The number of unbranched alkanes of at least 4 members (excludes halogenated alkanes) is 2. The lowest BCUT2D eigenvalue weighted by atomic mass is 10.2. The summed E-state index contributed by atoms with van der Waals surface area (Å²) in [5.41, 5.74) is 0.318. The molecule has 0 aromatic heterocycles. The van der Waals surface area contributed by atoms with Gasteiger partial charge in [-0.05, 0) is 28.4 Å². The number of nitrogens with one attached hydrogen (secondary N) is 1. The number of hydrogen-bond donors (Lipinski definition) is 2. The van der Waals surface area contributed by atoms with Crippen LogP contribution in [0.4, 0.5) is 11.4 Å². The van der Waals surface area contributed by atoms with Crippen LogP contribution in [0, 0.1) is 10.1 Å². The van der Waals surface area contributed by atoms with Crippen molar-refractivity contribution in [2.45, 2.75) is 26.2 Å². The maximum atomic E-state index is 10.8. The summed E-state index contributed by atoms with van der Waals surface area (Å²) < 4.78 is 0.445. The van der Waals surface area contributed by atoms with E-state index in [1.165, 1.54) is 6.07 Å². The first-order valence-corrected chi connectivity index (χ1v) is 6.26. The first-order valence-electron chi connectivity index (χ1n) is 5.47. The summed E-state index contributed by atoms with van der Waals surface area (Å²) in [5.74, 6) is -0.129. The van der Waals surface area contributed by atoms with E-state index in [4.69, 9.17) is 0 Å². The Morgan fingerprint density at radius 3 is 2.76 bits per heavy atom. The van der Waals surface area contributed by atoms with Crippen molar-refractivity contribution in [1.29, 1.82) is 0 Å². The van der Waals surface area contributed by atoms with Gasteiger partial charge in [-0.2, -0.15) is 0 Å². The van der Waals surface area contributed by atoms with Crippen LogP contribution in [0.25, 0.3) is 0 Å². The van der Waals surface area contributed by atoms with Gasteiger partial charge in [0.05, 0.1) is 15.5 Å². The second kappa shape index (κ2) is 6.44. The highest BCUT2D eigenvalue weighted by Gasteiger charge is 2.16. The van der Waals surface area contributed by atoms with Crippen LogP contribution in [0.2, 0.25) is 0 Å². The van der Waals surface area contributed by atoms with Crippen LogP contribution < -0.4 is 5.32 Å². The van der Waals surface area contributed by atoms with Gasteiger partial charge in [0.25, 0.3) is 5.69 Å². The Bertz CT molecular complexity index is 410. The zero-order valence-corrected chi connectivity index (χ0v) is 11.2. The van der Waals surface area contributed by atoms with E-state index in [9.17, 15) is 15.2 Å². The highest BCUT2D eigenvalue weighted by molar-refractivity contribution is 9.10. The van der Waals surface area contributed by atoms with E-state index >= 15 is 0 Å². The summed E-state index contributed by atoms with van der Waals surface area (Å²) in [6, 6.07) is 2.67. The van der Waals surface area contributed by atoms with Crippen LogP contribution >= 0.6 is 15.9 Å². The summed E-state index contributed by atoms with van der Waals surface area (Å²) in [6.07, 6.45) is 3.15. The molecule has 0 aliphatic heterocycles. The van der Waals surface area contributed by atoms with Crippen LogP contribution in [0.15, 0.2) is 16.6 Å². The monoisotopic (exact) mass is 302 g/mol. The van der Waals surface area contributed by atoms with Crippen LogP contribution in [0.1, 0.15) is 26.2 Å².